The second kappa shape index (κ2) is 7.17. The predicted molar refractivity (Wildman–Crippen MR) is 73.1 cm³/mol. The predicted octanol–water partition coefficient (Wildman–Crippen LogP) is 2.40. The van der Waals surface area contributed by atoms with Crippen molar-refractivity contribution < 1.29 is 39.6 Å². The minimum absolute atomic E-state index is 0.133. The third-order valence-corrected chi connectivity index (χ3v) is 4.53. The average molecular weight is 396 g/mol. The number of oxime groups is 1. The van der Waals surface area contributed by atoms with E-state index < -0.39 is 50.3 Å². The number of sulfone groups is 1. The van der Waals surface area contributed by atoms with Gasteiger partial charge in [0.25, 0.3) is 9.84 Å². The fourth-order valence-electron chi connectivity index (χ4n) is 1.63. The van der Waals surface area contributed by atoms with Gasteiger partial charge in [0, 0.05) is 7.05 Å². The molecule has 7 nitrogen and oxygen atoms in total. The Balaban J connectivity index is 3.60. The molecule has 0 spiro atoms. The van der Waals surface area contributed by atoms with Gasteiger partial charge in [-0.15, -0.1) is 5.10 Å². The zero-order chi connectivity index (χ0) is 19.6. The van der Waals surface area contributed by atoms with Gasteiger partial charge in [-0.25, -0.2) is 12.8 Å². The minimum Gasteiger partial charge on any atom is -0.395 e. The molecule has 0 aromatic carbocycles. The lowest BCUT2D eigenvalue weighted by Crippen LogP contribution is -2.39. The van der Waals surface area contributed by atoms with Gasteiger partial charge in [-0.1, -0.05) is 12.1 Å². The van der Waals surface area contributed by atoms with Crippen molar-refractivity contribution >= 4 is 14.9 Å². The van der Waals surface area contributed by atoms with E-state index in [1.54, 1.807) is 0 Å². The maximum absolute atomic E-state index is 14.4. The molecule has 0 aliphatic heterocycles. The van der Waals surface area contributed by atoms with Gasteiger partial charge < -0.3 is 4.84 Å². The lowest BCUT2D eigenvalue weighted by atomic mass is 10.3. The van der Waals surface area contributed by atoms with Crippen molar-refractivity contribution in [3.8, 4) is 0 Å². The molecule has 144 valence electrons. The summed E-state index contributed by atoms with van der Waals surface area (Å²) in [6.45, 7) is 2.17. The molecule has 25 heavy (non-hydrogen) atoms. The van der Waals surface area contributed by atoms with E-state index in [1.165, 1.54) is 6.92 Å². The minimum atomic E-state index is -6.01. The normalized spacial score (nSPS) is 15.3. The molecule has 1 heterocycles. The van der Waals surface area contributed by atoms with Crippen LogP contribution in [0.2, 0.25) is 0 Å². The van der Waals surface area contributed by atoms with Gasteiger partial charge >= 0.3 is 11.4 Å². The van der Waals surface area contributed by atoms with E-state index in [9.17, 15) is 34.8 Å². The summed E-state index contributed by atoms with van der Waals surface area (Å²) in [5.41, 5.74) is -4.37. The number of hydrogen-bond donors (Lipinski definition) is 0. The highest BCUT2D eigenvalue weighted by molar-refractivity contribution is 8.07. The highest BCUT2D eigenvalue weighted by Gasteiger charge is 2.58. The number of hydrogen-bond acceptors (Lipinski definition) is 6. The van der Waals surface area contributed by atoms with Crippen LogP contribution in [-0.2, 0) is 33.2 Å². The first-order chi connectivity index (χ1) is 11.3. The molecule has 1 aromatic heterocycles. The molecule has 0 bridgehead atoms. The molecule has 0 saturated carbocycles. The molecule has 1 unspecified atom stereocenters. The fourth-order valence-corrected chi connectivity index (χ4v) is 2.94. The van der Waals surface area contributed by atoms with E-state index in [-0.39, 0.29) is 11.4 Å². The molecule has 1 atom stereocenters. The van der Waals surface area contributed by atoms with Crippen molar-refractivity contribution in [3.63, 3.8) is 0 Å². The van der Waals surface area contributed by atoms with Crippen LogP contribution in [0.25, 0.3) is 0 Å². The van der Waals surface area contributed by atoms with Gasteiger partial charge in [-0.05, 0) is 13.3 Å². The van der Waals surface area contributed by atoms with Crippen LogP contribution in [0.4, 0.5) is 26.3 Å². The number of halogens is 6. The monoisotopic (exact) mass is 396 g/mol. The number of nitrogens with zero attached hydrogens (tertiary/aromatic N) is 4. The zero-order valence-corrected chi connectivity index (χ0v) is 14.0. The lowest BCUT2D eigenvalue weighted by molar-refractivity contribution is -0.144. The van der Waals surface area contributed by atoms with Crippen molar-refractivity contribution in [1.29, 1.82) is 0 Å². The maximum atomic E-state index is 14.4. The first-order valence-corrected chi connectivity index (χ1v) is 8.24. The Morgan fingerprint density at radius 2 is 1.72 bits per heavy atom. The van der Waals surface area contributed by atoms with E-state index in [4.69, 9.17) is 0 Å². The van der Waals surface area contributed by atoms with E-state index >= 15 is 0 Å². The maximum Gasteiger partial charge on any atom is 0.437 e. The summed E-state index contributed by atoms with van der Waals surface area (Å²) in [7, 11) is -5.21. The second-order valence-corrected chi connectivity index (χ2v) is 6.57. The molecule has 0 aliphatic rings. The number of alkyl halides is 6. The van der Waals surface area contributed by atoms with Gasteiger partial charge in [-0.2, -0.15) is 31.8 Å². The Labute approximate surface area is 138 Å². The van der Waals surface area contributed by atoms with Crippen LogP contribution in [-0.4, -0.2) is 41.2 Å². The highest BCUT2D eigenvalue weighted by atomic mass is 32.2. The fraction of sp³-hybridized carbons (Fsp3) is 0.727. The summed E-state index contributed by atoms with van der Waals surface area (Å²) in [6, 6.07) is 0. The average Bonchev–Trinajstić information content (AvgIpc) is 2.89. The standard InChI is InChI=1S/C11H14F6N4O3S/c1-4-6(12)9(20-24-5-2)25(22,23)11(16,17)8-7(10(13,14)15)18-21(3)19-8/h6H,4-5H2,1-3H3/b20-9+. The molecule has 0 N–H and O–H groups in total. The molecule has 0 fully saturated rings. The van der Waals surface area contributed by atoms with Gasteiger partial charge in [0.1, 0.15) is 6.61 Å². The van der Waals surface area contributed by atoms with Gasteiger partial charge in [-0.3, -0.25) is 0 Å². The molecule has 14 heteroatoms. The van der Waals surface area contributed by atoms with Crippen molar-refractivity contribution in [2.24, 2.45) is 12.2 Å². The first-order valence-electron chi connectivity index (χ1n) is 6.76. The topological polar surface area (TPSA) is 86.4 Å². The summed E-state index contributed by atoms with van der Waals surface area (Å²) >= 11 is 0. The van der Waals surface area contributed by atoms with E-state index in [0.717, 1.165) is 14.0 Å². The Morgan fingerprint density at radius 1 is 1.20 bits per heavy atom. The van der Waals surface area contributed by atoms with Crippen LogP contribution in [0.1, 0.15) is 31.7 Å². The lowest BCUT2D eigenvalue weighted by Gasteiger charge is -2.18. The summed E-state index contributed by atoms with van der Waals surface area (Å²) in [4.78, 5) is 4.44. The first kappa shape index (κ1) is 21.2. The smallest absolute Gasteiger partial charge is 0.395 e. The molecule has 0 aliphatic carbocycles. The Kier molecular flexibility index (Phi) is 6.08. The Hall–Kier alpha value is -1.86. The zero-order valence-electron chi connectivity index (χ0n) is 13.2. The quantitative estimate of drug-likeness (QED) is 0.319. The van der Waals surface area contributed by atoms with Crippen molar-refractivity contribution in [2.75, 3.05) is 6.61 Å². The van der Waals surface area contributed by atoms with Crippen LogP contribution >= 0.6 is 0 Å². The summed E-state index contributed by atoms with van der Waals surface area (Å²) in [5.74, 6) is 0. The van der Waals surface area contributed by atoms with Crippen LogP contribution in [0, 0.1) is 0 Å². The number of aromatic nitrogens is 3. The third kappa shape index (κ3) is 4.04. The van der Waals surface area contributed by atoms with Crippen LogP contribution in [0.15, 0.2) is 5.16 Å². The SMILES string of the molecule is CCO/N=C(\C(F)CC)S(=O)(=O)C(F)(F)c1nn(C)nc1C(F)(F)F. The number of rotatable bonds is 6. The molecular formula is C11H14F6N4O3S. The van der Waals surface area contributed by atoms with E-state index in [1.807, 2.05) is 0 Å². The summed E-state index contributed by atoms with van der Waals surface area (Å²) in [6.07, 6.45) is -8.48. The Bertz CT molecular complexity index is 743. The largest absolute Gasteiger partial charge is 0.437 e. The van der Waals surface area contributed by atoms with Gasteiger partial charge in [0.15, 0.2) is 17.6 Å². The number of aryl methyl sites for hydroxylation is 1. The van der Waals surface area contributed by atoms with Crippen molar-refractivity contribution in [2.45, 2.75) is 37.9 Å². The molecular weight excluding hydrogens is 382 g/mol. The van der Waals surface area contributed by atoms with Crippen LogP contribution < -0.4 is 0 Å². The molecule has 0 amide bonds. The Morgan fingerprint density at radius 3 is 2.16 bits per heavy atom. The van der Waals surface area contributed by atoms with Crippen LogP contribution in [0.5, 0.6) is 0 Å². The molecule has 0 saturated heterocycles. The van der Waals surface area contributed by atoms with Crippen molar-refractivity contribution in [3.05, 3.63) is 11.4 Å². The summed E-state index contributed by atoms with van der Waals surface area (Å²) in [5, 5.41) is 1.38. The van der Waals surface area contributed by atoms with E-state index in [2.05, 4.69) is 20.2 Å². The third-order valence-electron chi connectivity index (χ3n) is 2.78. The molecule has 0 radical (unpaired) electrons. The second-order valence-electron chi connectivity index (χ2n) is 4.63. The summed E-state index contributed by atoms with van der Waals surface area (Å²) < 4.78 is 105. The van der Waals surface area contributed by atoms with Gasteiger partial charge in [0.2, 0.25) is 5.04 Å². The van der Waals surface area contributed by atoms with Crippen molar-refractivity contribution in [1.82, 2.24) is 15.0 Å². The molecule has 1 rings (SSSR count). The highest BCUT2D eigenvalue weighted by Crippen LogP contribution is 2.41. The van der Waals surface area contributed by atoms with Crippen LogP contribution in [0.3, 0.4) is 0 Å². The molecule has 1 aromatic rings. The van der Waals surface area contributed by atoms with E-state index in [0.29, 0.717) is 0 Å². The van der Waals surface area contributed by atoms with Gasteiger partial charge in [0.05, 0.1) is 0 Å².